The molecule has 1 aliphatic heterocycles. The molecule has 2 aromatic rings. The number of aryl methyl sites for hydroxylation is 1. The first-order chi connectivity index (χ1) is 13.2. The van der Waals surface area contributed by atoms with Crippen LogP contribution in [0.25, 0.3) is 0 Å². The van der Waals surface area contributed by atoms with Crippen LogP contribution in [-0.2, 0) is 19.5 Å². The molecule has 0 amide bonds. The summed E-state index contributed by atoms with van der Waals surface area (Å²) >= 11 is 12.6. The van der Waals surface area contributed by atoms with Crippen molar-refractivity contribution < 1.29 is 9.90 Å². The lowest BCUT2D eigenvalue weighted by molar-refractivity contribution is 0.0697. The zero-order chi connectivity index (χ0) is 20.5. The first kappa shape index (κ1) is 20.9. The SMILES string of the molecule is CC1(C)CCCN1Cc1c(Cl)cc(Cl)c(=O)n1CCc1ccc(C(=O)O)cc1. The summed E-state index contributed by atoms with van der Waals surface area (Å²) in [5.41, 5.74) is 1.77. The van der Waals surface area contributed by atoms with E-state index in [1.807, 2.05) is 0 Å². The first-order valence-corrected chi connectivity index (χ1v) is 10.1. The number of halogens is 2. The number of benzene rings is 1. The maximum atomic E-state index is 12.7. The van der Waals surface area contributed by atoms with Crippen molar-refractivity contribution >= 4 is 29.2 Å². The molecule has 0 bridgehead atoms. The Morgan fingerprint density at radius 2 is 1.86 bits per heavy atom. The largest absolute Gasteiger partial charge is 0.478 e. The minimum absolute atomic E-state index is 0.0660. The van der Waals surface area contributed by atoms with Gasteiger partial charge in [0.2, 0.25) is 0 Å². The third kappa shape index (κ3) is 4.43. The Bertz CT molecular complexity index is 936. The molecule has 28 heavy (non-hydrogen) atoms. The molecule has 5 nitrogen and oxygen atoms in total. The molecule has 0 atom stereocenters. The van der Waals surface area contributed by atoms with Crippen molar-refractivity contribution in [1.29, 1.82) is 0 Å². The Morgan fingerprint density at radius 3 is 2.43 bits per heavy atom. The molecule has 1 aliphatic rings. The van der Waals surface area contributed by atoms with Gasteiger partial charge in [-0.05, 0) is 63.4 Å². The lowest BCUT2D eigenvalue weighted by atomic mass is 10.0. The van der Waals surface area contributed by atoms with Crippen LogP contribution in [0.1, 0.15) is 48.3 Å². The quantitative estimate of drug-likeness (QED) is 0.745. The molecule has 1 aromatic heterocycles. The number of carbonyl (C=O) groups is 1. The van der Waals surface area contributed by atoms with Crippen molar-refractivity contribution in [3.8, 4) is 0 Å². The molecule has 3 rings (SSSR count). The predicted octanol–water partition coefficient (Wildman–Crippen LogP) is 4.47. The second kappa shape index (κ2) is 8.27. The van der Waals surface area contributed by atoms with Crippen molar-refractivity contribution in [2.24, 2.45) is 0 Å². The number of carboxylic acid groups (broad SMARTS) is 1. The highest BCUT2D eigenvalue weighted by molar-refractivity contribution is 6.34. The van der Waals surface area contributed by atoms with Gasteiger partial charge in [0, 0.05) is 18.6 Å². The van der Waals surface area contributed by atoms with Gasteiger partial charge in [-0.25, -0.2) is 4.79 Å². The van der Waals surface area contributed by atoms with Gasteiger partial charge in [0.15, 0.2) is 0 Å². The zero-order valence-corrected chi connectivity index (χ0v) is 17.6. The molecule has 1 N–H and O–H groups in total. The molecular weight excluding hydrogens is 399 g/mol. The van der Waals surface area contributed by atoms with Gasteiger partial charge in [-0.15, -0.1) is 0 Å². The average molecular weight is 423 g/mol. The van der Waals surface area contributed by atoms with E-state index in [-0.39, 0.29) is 21.7 Å². The number of carboxylic acids is 1. The highest BCUT2D eigenvalue weighted by atomic mass is 35.5. The van der Waals surface area contributed by atoms with Gasteiger partial charge in [0.05, 0.1) is 16.3 Å². The zero-order valence-electron chi connectivity index (χ0n) is 16.0. The van der Waals surface area contributed by atoms with Gasteiger partial charge in [0.25, 0.3) is 5.56 Å². The molecule has 1 aromatic carbocycles. The van der Waals surface area contributed by atoms with Gasteiger partial charge >= 0.3 is 5.97 Å². The number of nitrogens with zero attached hydrogens (tertiary/aromatic N) is 2. The molecule has 0 saturated carbocycles. The Hall–Kier alpha value is -1.82. The molecule has 2 heterocycles. The van der Waals surface area contributed by atoms with E-state index in [1.54, 1.807) is 28.8 Å². The highest BCUT2D eigenvalue weighted by Crippen LogP contribution is 2.31. The van der Waals surface area contributed by atoms with Crippen LogP contribution in [0.15, 0.2) is 35.1 Å². The number of aromatic carboxylic acids is 1. The number of likely N-dealkylation sites (tertiary alicyclic amines) is 1. The molecule has 0 radical (unpaired) electrons. The number of rotatable bonds is 6. The Kier molecular flexibility index (Phi) is 6.18. The molecule has 150 valence electrons. The minimum Gasteiger partial charge on any atom is -0.478 e. The van der Waals surface area contributed by atoms with Crippen LogP contribution < -0.4 is 5.56 Å². The van der Waals surface area contributed by atoms with E-state index in [1.165, 1.54) is 6.07 Å². The van der Waals surface area contributed by atoms with Crippen LogP contribution >= 0.6 is 23.2 Å². The van der Waals surface area contributed by atoms with Crippen molar-refractivity contribution in [2.45, 2.75) is 51.7 Å². The molecular formula is C21H24Cl2N2O3. The van der Waals surface area contributed by atoms with Crippen LogP contribution in [0.2, 0.25) is 10.0 Å². The summed E-state index contributed by atoms with van der Waals surface area (Å²) in [5, 5.41) is 9.62. The lowest BCUT2D eigenvalue weighted by Gasteiger charge is -2.32. The summed E-state index contributed by atoms with van der Waals surface area (Å²) in [6.07, 6.45) is 2.81. The maximum Gasteiger partial charge on any atom is 0.335 e. The molecule has 0 aliphatic carbocycles. The van der Waals surface area contributed by atoms with Gasteiger partial charge in [-0.1, -0.05) is 35.3 Å². The Balaban J connectivity index is 1.86. The summed E-state index contributed by atoms with van der Waals surface area (Å²) in [7, 11) is 0. The van der Waals surface area contributed by atoms with Crippen LogP contribution in [-0.4, -0.2) is 32.6 Å². The fraction of sp³-hybridized carbons (Fsp3) is 0.429. The summed E-state index contributed by atoms with van der Waals surface area (Å²) in [4.78, 5) is 26.1. The summed E-state index contributed by atoms with van der Waals surface area (Å²) in [6, 6.07) is 8.20. The number of pyridine rings is 1. The summed E-state index contributed by atoms with van der Waals surface area (Å²) in [6.45, 7) is 6.40. The fourth-order valence-corrected chi connectivity index (χ4v) is 4.26. The van der Waals surface area contributed by atoms with E-state index in [4.69, 9.17) is 28.3 Å². The van der Waals surface area contributed by atoms with E-state index < -0.39 is 5.97 Å². The minimum atomic E-state index is -0.958. The van der Waals surface area contributed by atoms with E-state index in [9.17, 15) is 9.59 Å². The fourth-order valence-electron chi connectivity index (χ4n) is 3.73. The molecule has 7 heteroatoms. The number of hydrogen-bond donors (Lipinski definition) is 1. The molecule has 0 unspecified atom stereocenters. The van der Waals surface area contributed by atoms with Gasteiger partial charge in [-0.3, -0.25) is 9.69 Å². The predicted molar refractivity (Wildman–Crippen MR) is 112 cm³/mol. The number of hydrogen-bond acceptors (Lipinski definition) is 3. The van der Waals surface area contributed by atoms with Gasteiger partial charge in [0.1, 0.15) is 5.02 Å². The summed E-state index contributed by atoms with van der Waals surface area (Å²) < 4.78 is 1.66. The lowest BCUT2D eigenvalue weighted by Crippen LogP contribution is -2.39. The normalized spacial score (nSPS) is 16.4. The average Bonchev–Trinajstić information content (AvgIpc) is 2.97. The van der Waals surface area contributed by atoms with Gasteiger partial charge in [-0.2, -0.15) is 0 Å². The summed E-state index contributed by atoms with van der Waals surface area (Å²) in [5.74, 6) is -0.958. The van der Waals surface area contributed by atoms with Crippen LogP contribution in [0, 0.1) is 0 Å². The van der Waals surface area contributed by atoms with E-state index in [0.717, 1.165) is 30.6 Å². The second-order valence-corrected chi connectivity index (χ2v) is 8.65. The van der Waals surface area contributed by atoms with Crippen molar-refractivity contribution in [1.82, 2.24) is 9.47 Å². The third-order valence-corrected chi connectivity index (χ3v) is 6.14. The Morgan fingerprint density at radius 1 is 1.18 bits per heavy atom. The first-order valence-electron chi connectivity index (χ1n) is 9.34. The maximum absolute atomic E-state index is 12.7. The third-order valence-electron chi connectivity index (χ3n) is 5.54. The standard InChI is InChI=1S/C21H24Cl2N2O3/c1-21(2)9-3-10-24(21)13-18-16(22)12-17(23)19(26)25(18)11-8-14-4-6-15(7-5-14)20(27)28/h4-7,12H,3,8-11,13H2,1-2H3,(H,27,28). The highest BCUT2D eigenvalue weighted by Gasteiger charge is 2.32. The molecule has 1 fully saturated rings. The van der Waals surface area contributed by atoms with Crippen molar-refractivity contribution in [3.05, 3.63) is 67.6 Å². The van der Waals surface area contributed by atoms with Crippen LogP contribution in [0.5, 0.6) is 0 Å². The van der Waals surface area contributed by atoms with E-state index in [2.05, 4.69) is 18.7 Å². The van der Waals surface area contributed by atoms with E-state index >= 15 is 0 Å². The van der Waals surface area contributed by atoms with Gasteiger partial charge < -0.3 is 9.67 Å². The van der Waals surface area contributed by atoms with Crippen LogP contribution in [0.4, 0.5) is 0 Å². The Labute approximate surface area is 174 Å². The monoisotopic (exact) mass is 422 g/mol. The molecule has 1 saturated heterocycles. The van der Waals surface area contributed by atoms with Crippen LogP contribution in [0.3, 0.4) is 0 Å². The number of aromatic nitrogens is 1. The molecule has 0 spiro atoms. The van der Waals surface area contributed by atoms with Crippen molar-refractivity contribution in [2.75, 3.05) is 6.54 Å². The van der Waals surface area contributed by atoms with Crippen molar-refractivity contribution in [3.63, 3.8) is 0 Å². The second-order valence-electron chi connectivity index (χ2n) is 7.83. The van der Waals surface area contributed by atoms with E-state index in [0.29, 0.717) is 24.5 Å². The topological polar surface area (TPSA) is 62.5 Å². The smallest absolute Gasteiger partial charge is 0.335 e.